The topological polar surface area (TPSA) is 41.0 Å². The maximum absolute atomic E-state index is 4.30. The number of rotatable bonds is 8. The second-order valence-corrected chi connectivity index (χ2v) is 6.17. The van der Waals surface area contributed by atoms with Crippen LogP contribution in [0.25, 0.3) is 11.3 Å². The summed E-state index contributed by atoms with van der Waals surface area (Å²) < 4.78 is 0. The summed E-state index contributed by atoms with van der Waals surface area (Å²) in [5.41, 5.74) is 3.33. The Hall–Kier alpha value is -2.43. The van der Waals surface area contributed by atoms with Gasteiger partial charge in [-0.1, -0.05) is 60.7 Å². The summed E-state index contributed by atoms with van der Waals surface area (Å²) in [6.07, 6.45) is 1.06. The van der Waals surface area contributed by atoms with Gasteiger partial charge in [-0.2, -0.15) is 0 Å². The van der Waals surface area contributed by atoms with E-state index in [2.05, 4.69) is 57.8 Å². The van der Waals surface area contributed by atoms with Crippen molar-refractivity contribution in [2.45, 2.75) is 13.0 Å². The molecule has 1 heterocycles. The Kier molecular flexibility index (Phi) is 8.06. The number of hydrogen-bond donors (Lipinski definition) is 1. The molecule has 0 fully saturated rings. The predicted octanol–water partition coefficient (Wildman–Crippen LogP) is 4.50. The van der Waals surface area contributed by atoms with Gasteiger partial charge < -0.3 is 10.2 Å². The van der Waals surface area contributed by atoms with Gasteiger partial charge in [-0.15, -0.1) is 22.6 Å². The molecule has 0 amide bonds. The molecule has 0 aliphatic heterocycles. The molecule has 4 nitrogen and oxygen atoms in total. The van der Waals surface area contributed by atoms with E-state index in [1.54, 1.807) is 0 Å². The van der Waals surface area contributed by atoms with Crippen molar-refractivity contribution in [3.63, 3.8) is 0 Å². The minimum absolute atomic E-state index is 0. The van der Waals surface area contributed by atoms with Crippen LogP contribution in [0.2, 0.25) is 0 Å². The van der Waals surface area contributed by atoms with Crippen molar-refractivity contribution in [1.82, 2.24) is 15.1 Å². The van der Waals surface area contributed by atoms with Crippen LogP contribution in [0, 0.1) is 0 Å². The standard InChI is InChI=1S/C21H24N4.ClH/c1-25(17-18-9-4-2-5-10-18)16-8-15-22-21-14-13-20(23-24-21)19-11-6-3-7-12-19;/h2-7,9-14H,8,15-17H2,1H3,(H,22,24);1H. The Balaban J connectivity index is 0.00000243. The normalized spacial score (nSPS) is 10.4. The fourth-order valence-electron chi connectivity index (χ4n) is 2.73. The van der Waals surface area contributed by atoms with Gasteiger partial charge in [-0.3, -0.25) is 0 Å². The molecule has 0 aliphatic carbocycles. The number of aromatic nitrogens is 2. The quantitative estimate of drug-likeness (QED) is 0.594. The smallest absolute Gasteiger partial charge is 0.148 e. The number of nitrogens with zero attached hydrogens (tertiary/aromatic N) is 3. The zero-order chi connectivity index (χ0) is 17.3. The highest BCUT2D eigenvalue weighted by molar-refractivity contribution is 5.85. The van der Waals surface area contributed by atoms with E-state index in [-0.39, 0.29) is 12.4 Å². The molecule has 5 heteroatoms. The molecule has 0 atom stereocenters. The van der Waals surface area contributed by atoms with Gasteiger partial charge in [0.2, 0.25) is 0 Å². The minimum Gasteiger partial charge on any atom is -0.369 e. The molecule has 3 rings (SSSR count). The van der Waals surface area contributed by atoms with Crippen molar-refractivity contribution in [2.75, 3.05) is 25.5 Å². The first-order valence-corrected chi connectivity index (χ1v) is 8.67. The van der Waals surface area contributed by atoms with Gasteiger partial charge in [0.25, 0.3) is 0 Å². The molecule has 2 aromatic carbocycles. The van der Waals surface area contributed by atoms with Crippen LogP contribution in [0.15, 0.2) is 72.8 Å². The molecule has 1 aromatic heterocycles. The molecular weight excluding hydrogens is 344 g/mol. The lowest BCUT2D eigenvalue weighted by atomic mass is 10.1. The summed E-state index contributed by atoms with van der Waals surface area (Å²) in [6, 6.07) is 24.7. The SMILES string of the molecule is CN(CCCNc1ccc(-c2ccccc2)nn1)Cc1ccccc1.Cl. The van der Waals surface area contributed by atoms with Crippen molar-refractivity contribution in [3.05, 3.63) is 78.4 Å². The zero-order valence-electron chi connectivity index (χ0n) is 15.0. The Labute approximate surface area is 161 Å². The van der Waals surface area contributed by atoms with Crippen LogP contribution in [-0.2, 0) is 6.54 Å². The van der Waals surface area contributed by atoms with Crippen LogP contribution in [0.5, 0.6) is 0 Å². The lowest BCUT2D eigenvalue weighted by molar-refractivity contribution is 0.325. The largest absolute Gasteiger partial charge is 0.369 e. The van der Waals surface area contributed by atoms with E-state index in [0.717, 1.165) is 43.1 Å². The van der Waals surface area contributed by atoms with Crippen LogP contribution >= 0.6 is 12.4 Å². The number of nitrogens with one attached hydrogen (secondary N) is 1. The zero-order valence-corrected chi connectivity index (χ0v) is 15.8. The third-order valence-corrected chi connectivity index (χ3v) is 4.05. The summed E-state index contributed by atoms with van der Waals surface area (Å²) in [5, 5.41) is 11.9. The van der Waals surface area contributed by atoms with E-state index in [1.807, 2.05) is 42.5 Å². The molecule has 0 bridgehead atoms. The van der Waals surface area contributed by atoms with E-state index >= 15 is 0 Å². The van der Waals surface area contributed by atoms with Gasteiger partial charge in [0.15, 0.2) is 0 Å². The second-order valence-electron chi connectivity index (χ2n) is 6.17. The summed E-state index contributed by atoms with van der Waals surface area (Å²) in [4.78, 5) is 2.33. The molecule has 136 valence electrons. The van der Waals surface area contributed by atoms with E-state index in [4.69, 9.17) is 0 Å². The molecule has 3 aromatic rings. The first-order valence-electron chi connectivity index (χ1n) is 8.67. The van der Waals surface area contributed by atoms with Gasteiger partial charge in [0.05, 0.1) is 5.69 Å². The third-order valence-electron chi connectivity index (χ3n) is 4.05. The number of halogens is 1. The van der Waals surface area contributed by atoms with Crippen LogP contribution in [0.4, 0.5) is 5.82 Å². The first-order chi connectivity index (χ1) is 12.3. The van der Waals surface area contributed by atoms with Gasteiger partial charge in [-0.25, -0.2) is 0 Å². The number of benzene rings is 2. The Morgan fingerprint density at radius 3 is 2.19 bits per heavy atom. The van der Waals surface area contributed by atoms with Gasteiger partial charge in [0.1, 0.15) is 5.82 Å². The number of hydrogen-bond acceptors (Lipinski definition) is 4. The monoisotopic (exact) mass is 368 g/mol. The highest BCUT2D eigenvalue weighted by Gasteiger charge is 2.02. The minimum atomic E-state index is 0. The van der Waals surface area contributed by atoms with Gasteiger partial charge in [-0.05, 0) is 37.7 Å². The van der Waals surface area contributed by atoms with Crippen LogP contribution < -0.4 is 5.32 Å². The highest BCUT2D eigenvalue weighted by Crippen LogP contribution is 2.16. The average Bonchev–Trinajstić information content (AvgIpc) is 2.67. The molecule has 0 saturated carbocycles. The molecular formula is C21H25ClN4. The summed E-state index contributed by atoms with van der Waals surface area (Å²) in [7, 11) is 2.15. The Morgan fingerprint density at radius 2 is 1.54 bits per heavy atom. The van der Waals surface area contributed by atoms with Crippen molar-refractivity contribution in [2.24, 2.45) is 0 Å². The maximum Gasteiger partial charge on any atom is 0.148 e. The summed E-state index contributed by atoms with van der Waals surface area (Å²) in [5.74, 6) is 0.824. The van der Waals surface area contributed by atoms with Crippen LogP contribution in [0.3, 0.4) is 0 Å². The Bertz CT molecular complexity index is 748. The van der Waals surface area contributed by atoms with E-state index in [9.17, 15) is 0 Å². The van der Waals surface area contributed by atoms with Crippen LogP contribution in [0.1, 0.15) is 12.0 Å². The van der Waals surface area contributed by atoms with Crippen molar-refractivity contribution in [3.8, 4) is 11.3 Å². The third kappa shape index (κ3) is 6.14. The fourth-order valence-corrected chi connectivity index (χ4v) is 2.73. The van der Waals surface area contributed by atoms with E-state index in [0.29, 0.717) is 0 Å². The average molecular weight is 369 g/mol. The van der Waals surface area contributed by atoms with Gasteiger partial charge >= 0.3 is 0 Å². The summed E-state index contributed by atoms with van der Waals surface area (Å²) in [6.45, 7) is 2.91. The molecule has 0 aliphatic rings. The fraction of sp³-hybridized carbons (Fsp3) is 0.238. The first kappa shape index (κ1) is 19.9. The van der Waals surface area contributed by atoms with Gasteiger partial charge in [0, 0.05) is 18.7 Å². The Morgan fingerprint density at radius 1 is 0.846 bits per heavy atom. The molecule has 0 unspecified atom stereocenters. The molecule has 0 radical (unpaired) electrons. The van der Waals surface area contributed by atoms with E-state index < -0.39 is 0 Å². The lowest BCUT2D eigenvalue weighted by Gasteiger charge is -2.16. The highest BCUT2D eigenvalue weighted by atomic mass is 35.5. The molecule has 0 saturated heterocycles. The molecule has 1 N–H and O–H groups in total. The molecule has 26 heavy (non-hydrogen) atoms. The second kappa shape index (κ2) is 10.5. The number of anilines is 1. The molecule has 0 spiro atoms. The van der Waals surface area contributed by atoms with E-state index in [1.165, 1.54) is 5.56 Å². The maximum atomic E-state index is 4.30. The lowest BCUT2D eigenvalue weighted by Crippen LogP contribution is -2.21. The van der Waals surface area contributed by atoms with Crippen molar-refractivity contribution < 1.29 is 0 Å². The van der Waals surface area contributed by atoms with Crippen LogP contribution in [-0.4, -0.2) is 35.2 Å². The van der Waals surface area contributed by atoms with Crippen molar-refractivity contribution >= 4 is 18.2 Å². The summed E-state index contributed by atoms with van der Waals surface area (Å²) >= 11 is 0. The van der Waals surface area contributed by atoms with Crippen molar-refractivity contribution in [1.29, 1.82) is 0 Å². The predicted molar refractivity (Wildman–Crippen MR) is 111 cm³/mol.